The van der Waals surface area contributed by atoms with E-state index in [1.54, 1.807) is 6.33 Å². The Balaban J connectivity index is 1.28. The molecule has 3 heterocycles. The molecule has 1 unspecified atom stereocenters. The number of hydrogen-bond acceptors (Lipinski definition) is 7. The summed E-state index contributed by atoms with van der Waals surface area (Å²) in [5.74, 6) is 1.20. The van der Waals surface area contributed by atoms with Crippen molar-refractivity contribution in [2.45, 2.75) is 18.9 Å². The number of anilines is 3. The van der Waals surface area contributed by atoms with Crippen molar-refractivity contribution in [3.05, 3.63) is 54.9 Å². The van der Waals surface area contributed by atoms with Crippen molar-refractivity contribution in [2.75, 3.05) is 23.3 Å². The molecule has 3 N–H and O–H groups in total. The van der Waals surface area contributed by atoms with E-state index in [4.69, 9.17) is 11.0 Å². The topological polar surface area (TPSA) is 109 Å². The largest absolute Gasteiger partial charge is 0.369 e. The third-order valence-electron chi connectivity index (χ3n) is 5.72. The van der Waals surface area contributed by atoms with E-state index in [-0.39, 0.29) is 5.69 Å². The van der Waals surface area contributed by atoms with E-state index in [1.807, 2.05) is 16.8 Å². The predicted molar refractivity (Wildman–Crippen MR) is 105 cm³/mol. The van der Waals surface area contributed by atoms with Crippen molar-refractivity contribution in [1.29, 1.82) is 5.26 Å². The van der Waals surface area contributed by atoms with Crippen molar-refractivity contribution < 1.29 is 0 Å². The van der Waals surface area contributed by atoms with E-state index < -0.39 is 0 Å². The maximum Gasteiger partial charge on any atom is 0.158 e. The van der Waals surface area contributed by atoms with Gasteiger partial charge in [0.05, 0.1) is 18.6 Å². The Morgan fingerprint density at radius 1 is 1.07 bits per heavy atom. The van der Waals surface area contributed by atoms with Crippen LogP contribution in [0.3, 0.4) is 0 Å². The van der Waals surface area contributed by atoms with Gasteiger partial charge < -0.3 is 20.5 Å². The molecule has 5 rings (SSSR count). The number of benzene rings is 1. The van der Waals surface area contributed by atoms with Crippen molar-refractivity contribution in [2.24, 2.45) is 11.1 Å². The Labute approximate surface area is 162 Å². The Bertz CT molecular complexity index is 1030. The molecule has 0 radical (unpaired) electrons. The lowest BCUT2D eigenvalue weighted by Gasteiger charge is -2.18. The van der Waals surface area contributed by atoms with Gasteiger partial charge in [0.2, 0.25) is 0 Å². The van der Waals surface area contributed by atoms with E-state index in [9.17, 15) is 0 Å². The van der Waals surface area contributed by atoms with Gasteiger partial charge in [-0.2, -0.15) is 5.26 Å². The lowest BCUT2D eigenvalue weighted by atomic mass is 10.0. The van der Waals surface area contributed by atoms with Crippen LogP contribution in [0.15, 0.2) is 49.2 Å². The highest BCUT2D eigenvalue weighted by atomic mass is 15.2. The second kappa shape index (κ2) is 6.32. The van der Waals surface area contributed by atoms with Gasteiger partial charge in [-0.3, -0.25) is 0 Å². The van der Waals surface area contributed by atoms with E-state index in [2.05, 4.69) is 49.4 Å². The lowest BCUT2D eigenvalue weighted by molar-refractivity contribution is 0.500. The van der Waals surface area contributed by atoms with Gasteiger partial charge in [0.15, 0.2) is 5.69 Å². The second-order valence-corrected chi connectivity index (χ2v) is 7.56. The molecule has 1 atom stereocenters. The Kier molecular flexibility index (Phi) is 3.77. The Morgan fingerprint density at radius 3 is 2.50 bits per heavy atom. The molecule has 140 valence electrons. The van der Waals surface area contributed by atoms with Crippen LogP contribution < -0.4 is 16.0 Å². The van der Waals surface area contributed by atoms with Crippen LogP contribution in [0, 0.1) is 16.7 Å². The number of nitrogens with two attached hydrogens (primary N) is 1. The predicted octanol–water partition coefficient (Wildman–Crippen LogP) is 2.21. The van der Waals surface area contributed by atoms with E-state index in [1.165, 1.54) is 30.9 Å². The zero-order chi connectivity index (χ0) is 19.1. The van der Waals surface area contributed by atoms with Gasteiger partial charge in [0, 0.05) is 35.9 Å². The smallest absolute Gasteiger partial charge is 0.158 e. The summed E-state index contributed by atoms with van der Waals surface area (Å²) in [7, 11) is 0. The average molecular weight is 372 g/mol. The van der Waals surface area contributed by atoms with Crippen molar-refractivity contribution in [3.63, 3.8) is 0 Å². The molecule has 1 spiro atoms. The standard InChI is InChI=1S/C20H20N8/c21-7-14-8-24-18(9-23-14)26-19-11-28(13-25-19)16-3-1-15(2-4-16)27-10-17(22)20(12-27)5-6-20/h1-4,8-9,11,13,17H,5-6,10,12,22H2,(H,24,26). The number of nitriles is 1. The number of nitrogens with zero attached hydrogens (tertiary/aromatic N) is 6. The summed E-state index contributed by atoms with van der Waals surface area (Å²) < 4.78 is 1.95. The molecule has 2 fully saturated rings. The Morgan fingerprint density at radius 2 is 1.86 bits per heavy atom. The highest BCUT2D eigenvalue weighted by molar-refractivity contribution is 5.55. The van der Waals surface area contributed by atoms with Crippen LogP contribution in [0.5, 0.6) is 0 Å². The lowest BCUT2D eigenvalue weighted by Crippen LogP contribution is -2.30. The van der Waals surface area contributed by atoms with Crippen LogP contribution in [0.1, 0.15) is 18.5 Å². The number of rotatable bonds is 4. The van der Waals surface area contributed by atoms with Crippen LogP contribution in [0.2, 0.25) is 0 Å². The van der Waals surface area contributed by atoms with Gasteiger partial charge in [-0.15, -0.1) is 0 Å². The monoisotopic (exact) mass is 372 g/mol. The molecule has 2 aromatic heterocycles. The fourth-order valence-electron chi connectivity index (χ4n) is 3.82. The zero-order valence-electron chi connectivity index (χ0n) is 15.3. The summed E-state index contributed by atoms with van der Waals surface area (Å²) in [5, 5.41) is 11.9. The molecule has 3 aromatic rings. The molecule has 8 heteroatoms. The highest BCUT2D eigenvalue weighted by Gasteiger charge is 2.53. The molecule has 1 aliphatic carbocycles. The molecule has 1 saturated heterocycles. The molecule has 8 nitrogen and oxygen atoms in total. The highest BCUT2D eigenvalue weighted by Crippen LogP contribution is 2.52. The fraction of sp³-hybridized carbons (Fsp3) is 0.300. The van der Waals surface area contributed by atoms with Crippen molar-refractivity contribution in [1.82, 2.24) is 19.5 Å². The maximum atomic E-state index is 8.78. The maximum absolute atomic E-state index is 8.78. The molecule has 1 aromatic carbocycles. The zero-order valence-corrected chi connectivity index (χ0v) is 15.3. The average Bonchev–Trinajstić information content (AvgIpc) is 3.24. The second-order valence-electron chi connectivity index (χ2n) is 7.56. The van der Waals surface area contributed by atoms with Crippen LogP contribution >= 0.6 is 0 Å². The minimum atomic E-state index is 0.280. The van der Waals surface area contributed by atoms with Crippen molar-refractivity contribution in [3.8, 4) is 11.8 Å². The minimum Gasteiger partial charge on any atom is -0.369 e. The van der Waals surface area contributed by atoms with Crippen molar-refractivity contribution >= 4 is 17.3 Å². The molecule has 1 saturated carbocycles. The van der Waals surface area contributed by atoms with E-state index in [0.29, 0.717) is 23.1 Å². The van der Waals surface area contributed by atoms with Gasteiger partial charge in [-0.25, -0.2) is 15.0 Å². The van der Waals surface area contributed by atoms with Crippen LogP contribution in [0.4, 0.5) is 17.3 Å². The summed E-state index contributed by atoms with van der Waals surface area (Å²) >= 11 is 0. The molecule has 0 amide bonds. The first kappa shape index (κ1) is 16.7. The normalized spacial score (nSPS) is 19.6. The van der Waals surface area contributed by atoms with Gasteiger partial charge in [-0.1, -0.05) is 0 Å². The van der Waals surface area contributed by atoms with E-state index >= 15 is 0 Å². The molecular formula is C20H20N8. The summed E-state index contributed by atoms with van der Waals surface area (Å²) in [6.45, 7) is 2.00. The molecule has 2 aliphatic rings. The summed E-state index contributed by atoms with van der Waals surface area (Å²) in [6.07, 6.45) is 9.10. The van der Waals surface area contributed by atoms with Crippen LogP contribution in [-0.4, -0.2) is 38.7 Å². The molecule has 0 bridgehead atoms. The van der Waals surface area contributed by atoms with E-state index in [0.717, 1.165) is 18.8 Å². The summed E-state index contributed by atoms with van der Waals surface area (Å²) in [6, 6.07) is 10.7. The molecule has 1 aliphatic heterocycles. The molecular weight excluding hydrogens is 352 g/mol. The van der Waals surface area contributed by atoms with Gasteiger partial charge in [0.1, 0.15) is 24.0 Å². The van der Waals surface area contributed by atoms with Gasteiger partial charge in [-0.05, 0) is 37.1 Å². The SMILES string of the molecule is N#Cc1cnc(Nc2cn(-c3ccc(N4CC(N)C5(CC5)C4)cc3)cn2)cn1. The fourth-order valence-corrected chi connectivity index (χ4v) is 3.82. The minimum absolute atomic E-state index is 0.280. The van der Waals surface area contributed by atoms with Crippen LogP contribution in [-0.2, 0) is 0 Å². The Hall–Kier alpha value is -3.44. The first-order chi connectivity index (χ1) is 13.6. The quantitative estimate of drug-likeness (QED) is 0.722. The first-order valence-electron chi connectivity index (χ1n) is 9.29. The number of imidazole rings is 1. The summed E-state index contributed by atoms with van der Waals surface area (Å²) in [4.78, 5) is 14.9. The van der Waals surface area contributed by atoms with Gasteiger partial charge in [0.25, 0.3) is 0 Å². The first-order valence-corrected chi connectivity index (χ1v) is 9.29. The third-order valence-corrected chi connectivity index (χ3v) is 5.72. The summed E-state index contributed by atoms with van der Waals surface area (Å²) in [5.41, 5.74) is 9.22. The number of nitrogens with one attached hydrogen (secondary N) is 1. The van der Waals surface area contributed by atoms with Crippen LogP contribution in [0.25, 0.3) is 5.69 Å². The third kappa shape index (κ3) is 2.96. The molecule has 28 heavy (non-hydrogen) atoms. The van der Waals surface area contributed by atoms with Gasteiger partial charge >= 0.3 is 0 Å². The number of aromatic nitrogens is 4. The number of hydrogen-bond donors (Lipinski definition) is 2.